The molecule has 2 aromatic carbocycles. The molecule has 3 N–H and O–H groups in total. The Labute approximate surface area is 193 Å². The van der Waals surface area contributed by atoms with Gasteiger partial charge in [-0.15, -0.1) is 0 Å². The van der Waals surface area contributed by atoms with Crippen molar-refractivity contribution in [1.82, 2.24) is 4.98 Å². The topological polar surface area (TPSA) is 105 Å². The first-order valence-corrected chi connectivity index (χ1v) is 12.0. The lowest BCUT2D eigenvalue weighted by atomic mass is 9.78. The van der Waals surface area contributed by atoms with Crippen molar-refractivity contribution in [3.8, 4) is 11.3 Å². The second-order valence-electron chi connectivity index (χ2n) is 8.31. The third-order valence-electron chi connectivity index (χ3n) is 6.24. The molecule has 2 aliphatic rings. The summed E-state index contributed by atoms with van der Waals surface area (Å²) in [5.41, 5.74) is 1.12. The number of carbonyl (C=O) groups is 1. The van der Waals surface area contributed by atoms with Crippen molar-refractivity contribution in [2.75, 3.05) is 10.2 Å². The standard InChI is InChI=1S/C23H19F3N4O3S/c24-23(25,26)14-3-1-2-13(12-14)19-10-8-18-17-9-11-20(17)30(21(18)29-19)22(31)28-15-4-6-16(7-5-15)34(27,32)33/h1-8,10,12,17,20H,9,11H2,(H,28,31)(H2,27,32,33). The lowest BCUT2D eigenvalue weighted by Gasteiger charge is -2.35. The van der Waals surface area contributed by atoms with Crippen molar-refractivity contribution in [2.24, 2.45) is 5.14 Å². The van der Waals surface area contributed by atoms with Crippen molar-refractivity contribution in [2.45, 2.75) is 35.9 Å². The highest BCUT2D eigenvalue weighted by molar-refractivity contribution is 7.89. The van der Waals surface area contributed by atoms with Gasteiger partial charge in [0.1, 0.15) is 5.82 Å². The van der Waals surface area contributed by atoms with E-state index < -0.39 is 27.8 Å². The summed E-state index contributed by atoms with van der Waals surface area (Å²) >= 11 is 0. The number of urea groups is 1. The number of rotatable bonds is 3. The quantitative estimate of drug-likeness (QED) is 0.557. The van der Waals surface area contributed by atoms with Crippen molar-refractivity contribution in [1.29, 1.82) is 0 Å². The molecule has 0 bridgehead atoms. The minimum Gasteiger partial charge on any atom is -0.307 e. The van der Waals surface area contributed by atoms with Gasteiger partial charge in [-0.2, -0.15) is 13.2 Å². The molecule has 1 aliphatic carbocycles. The van der Waals surface area contributed by atoms with Gasteiger partial charge in [0.05, 0.1) is 16.2 Å². The maximum atomic E-state index is 13.2. The second kappa shape index (κ2) is 7.81. The number of nitrogens with two attached hydrogens (primary N) is 1. The van der Waals surface area contributed by atoms with E-state index >= 15 is 0 Å². The van der Waals surface area contributed by atoms with Crippen LogP contribution < -0.4 is 15.4 Å². The lowest BCUT2D eigenvalue weighted by Crippen LogP contribution is -2.46. The molecule has 5 rings (SSSR count). The first kappa shape index (κ1) is 22.4. The summed E-state index contributed by atoms with van der Waals surface area (Å²) in [6.07, 6.45) is -2.82. The molecule has 1 aromatic heterocycles. The van der Waals surface area contributed by atoms with Crippen LogP contribution in [0.5, 0.6) is 0 Å². The third-order valence-corrected chi connectivity index (χ3v) is 7.17. The van der Waals surface area contributed by atoms with Crippen LogP contribution in [0.25, 0.3) is 11.3 Å². The monoisotopic (exact) mass is 488 g/mol. The van der Waals surface area contributed by atoms with E-state index in [1.165, 1.54) is 35.2 Å². The zero-order chi connectivity index (χ0) is 24.3. The Bertz CT molecular complexity index is 1390. The molecular weight excluding hydrogens is 469 g/mol. The molecule has 2 atom stereocenters. The Morgan fingerprint density at radius 2 is 1.79 bits per heavy atom. The molecule has 2 unspecified atom stereocenters. The Balaban J connectivity index is 1.45. The second-order valence-corrected chi connectivity index (χ2v) is 9.87. The van der Waals surface area contributed by atoms with Gasteiger partial charge in [0, 0.05) is 28.8 Å². The van der Waals surface area contributed by atoms with Gasteiger partial charge in [-0.1, -0.05) is 18.2 Å². The highest BCUT2D eigenvalue weighted by Gasteiger charge is 2.48. The number of halogens is 3. The number of nitrogens with one attached hydrogen (secondary N) is 1. The van der Waals surface area contributed by atoms with E-state index in [1.54, 1.807) is 12.1 Å². The number of anilines is 2. The number of amides is 2. The molecule has 11 heteroatoms. The van der Waals surface area contributed by atoms with Gasteiger partial charge in [-0.05, 0) is 55.3 Å². The number of aromatic nitrogens is 1. The third kappa shape index (κ3) is 3.90. The summed E-state index contributed by atoms with van der Waals surface area (Å²) in [7, 11) is -3.86. The minimum atomic E-state index is -4.48. The van der Waals surface area contributed by atoms with Crippen molar-refractivity contribution < 1.29 is 26.4 Å². The first-order chi connectivity index (χ1) is 16.0. The van der Waals surface area contributed by atoms with Crippen molar-refractivity contribution >= 4 is 27.6 Å². The lowest BCUT2D eigenvalue weighted by molar-refractivity contribution is -0.137. The summed E-state index contributed by atoms with van der Waals surface area (Å²) in [4.78, 5) is 19.2. The SMILES string of the molecule is NS(=O)(=O)c1ccc(NC(=O)N2c3nc(-c4cccc(C(F)(F)F)c4)ccc3C3CCC32)cc1. The number of benzene rings is 2. The highest BCUT2D eigenvalue weighted by Crippen LogP contribution is 2.51. The van der Waals surface area contributed by atoms with E-state index in [1.807, 2.05) is 6.07 Å². The van der Waals surface area contributed by atoms with E-state index in [0.717, 1.165) is 30.5 Å². The molecule has 1 fully saturated rings. The molecule has 34 heavy (non-hydrogen) atoms. The fourth-order valence-electron chi connectivity index (χ4n) is 4.43. The molecule has 1 aliphatic heterocycles. The van der Waals surface area contributed by atoms with Crippen LogP contribution >= 0.6 is 0 Å². The van der Waals surface area contributed by atoms with E-state index in [2.05, 4.69) is 10.3 Å². The number of primary sulfonamides is 1. The van der Waals surface area contributed by atoms with Crippen LogP contribution in [0.4, 0.5) is 29.5 Å². The predicted octanol–water partition coefficient (Wildman–Crippen LogP) is 4.71. The first-order valence-electron chi connectivity index (χ1n) is 10.4. The number of alkyl halides is 3. The summed E-state index contributed by atoms with van der Waals surface area (Å²) in [5.74, 6) is 0.537. The zero-order valence-corrected chi connectivity index (χ0v) is 18.4. The molecule has 3 aromatic rings. The van der Waals surface area contributed by atoms with Crippen LogP contribution in [0.2, 0.25) is 0 Å². The van der Waals surface area contributed by atoms with Gasteiger partial charge in [0.15, 0.2) is 0 Å². The van der Waals surface area contributed by atoms with Crippen LogP contribution in [0.15, 0.2) is 65.6 Å². The van der Waals surface area contributed by atoms with Crippen LogP contribution in [0.1, 0.15) is 29.9 Å². The average molecular weight is 488 g/mol. The van der Waals surface area contributed by atoms with Gasteiger partial charge in [0.2, 0.25) is 10.0 Å². The maximum Gasteiger partial charge on any atom is 0.416 e. The van der Waals surface area contributed by atoms with Gasteiger partial charge in [0.25, 0.3) is 0 Å². The van der Waals surface area contributed by atoms with Crippen LogP contribution in [0, 0.1) is 0 Å². The Morgan fingerprint density at radius 3 is 2.41 bits per heavy atom. The van der Waals surface area contributed by atoms with Crippen molar-refractivity contribution in [3.05, 3.63) is 71.8 Å². The van der Waals surface area contributed by atoms with Crippen LogP contribution in [-0.4, -0.2) is 25.5 Å². The fraction of sp³-hybridized carbons (Fsp3) is 0.217. The largest absolute Gasteiger partial charge is 0.416 e. The average Bonchev–Trinajstić information content (AvgIpc) is 2.98. The molecule has 1 saturated carbocycles. The van der Waals surface area contributed by atoms with Gasteiger partial charge >= 0.3 is 12.2 Å². The normalized spacial score (nSPS) is 19.2. The van der Waals surface area contributed by atoms with Gasteiger partial charge in [-0.3, -0.25) is 4.90 Å². The number of carbonyl (C=O) groups excluding carboxylic acids is 1. The van der Waals surface area contributed by atoms with E-state index in [4.69, 9.17) is 5.14 Å². The number of hydrogen-bond acceptors (Lipinski definition) is 4. The predicted molar refractivity (Wildman–Crippen MR) is 120 cm³/mol. The summed E-state index contributed by atoms with van der Waals surface area (Å²) in [6.45, 7) is 0. The van der Waals surface area contributed by atoms with E-state index in [0.29, 0.717) is 22.8 Å². The smallest absolute Gasteiger partial charge is 0.307 e. The molecule has 0 saturated heterocycles. The van der Waals surface area contributed by atoms with Crippen LogP contribution in [-0.2, 0) is 16.2 Å². The molecule has 0 radical (unpaired) electrons. The van der Waals surface area contributed by atoms with E-state index in [9.17, 15) is 26.4 Å². The number of pyridine rings is 1. The molecule has 7 nitrogen and oxygen atoms in total. The summed E-state index contributed by atoms with van der Waals surface area (Å²) in [5, 5.41) is 7.84. The number of hydrogen-bond donors (Lipinski definition) is 2. The Hall–Kier alpha value is -3.44. The number of nitrogens with zero attached hydrogens (tertiary/aromatic N) is 2. The molecule has 2 amide bonds. The number of sulfonamides is 1. The fourth-order valence-corrected chi connectivity index (χ4v) is 4.94. The number of fused-ring (bicyclic) bond motifs is 3. The molecule has 176 valence electrons. The minimum absolute atomic E-state index is 0.0801. The molecule has 2 heterocycles. The molecule has 0 spiro atoms. The van der Waals surface area contributed by atoms with Gasteiger partial charge in [-0.25, -0.2) is 23.3 Å². The van der Waals surface area contributed by atoms with E-state index in [-0.39, 0.29) is 16.9 Å². The zero-order valence-electron chi connectivity index (χ0n) is 17.6. The van der Waals surface area contributed by atoms with Crippen LogP contribution in [0.3, 0.4) is 0 Å². The summed E-state index contributed by atoms with van der Waals surface area (Å²) in [6, 6.07) is 13.3. The van der Waals surface area contributed by atoms with Crippen molar-refractivity contribution in [3.63, 3.8) is 0 Å². The maximum absolute atomic E-state index is 13.2. The highest BCUT2D eigenvalue weighted by atomic mass is 32.2. The Morgan fingerprint density at radius 1 is 1.06 bits per heavy atom. The molecular formula is C23H19F3N4O3S. The van der Waals surface area contributed by atoms with Gasteiger partial charge < -0.3 is 5.32 Å². The summed E-state index contributed by atoms with van der Waals surface area (Å²) < 4.78 is 62.3. The Kier molecular flexibility index (Phi) is 5.14.